The molecule has 0 saturated heterocycles. The number of hydrogen-bond acceptors (Lipinski definition) is 2. The highest BCUT2D eigenvalue weighted by Crippen LogP contribution is 2.26. The Balaban J connectivity index is 2.76. The van der Waals surface area contributed by atoms with Gasteiger partial charge in [0.2, 0.25) is 0 Å². The molecule has 1 aromatic rings. The maximum atomic E-state index is 10.4. The number of benzene rings is 1. The zero-order chi connectivity index (χ0) is 12.9. The molecular formula is C15H24O2. The summed E-state index contributed by atoms with van der Waals surface area (Å²) < 4.78 is 5.54. The van der Waals surface area contributed by atoms with Gasteiger partial charge in [-0.2, -0.15) is 0 Å². The molecule has 1 unspecified atom stereocenters. The number of ether oxygens (including phenoxy) is 1. The molecule has 0 spiro atoms. The molecule has 0 bridgehead atoms. The van der Waals surface area contributed by atoms with E-state index in [2.05, 4.69) is 45.0 Å². The van der Waals surface area contributed by atoms with Crippen LogP contribution in [0.1, 0.15) is 37.8 Å². The molecule has 17 heavy (non-hydrogen) atoms. The number of hydrogen-bond donors (Lipinski definition) is 1. The zero-order valence-corrected chi connectivity index (χ0v) is 11.4. The Kier molecular flexibility index (Phi) is 5.16. The van der Waals surface area contributed by atoms with E-state index >= 15 is 0 Å². The second-order valence-corrected chi connectivity index (χ2v) is 4.68. The maximum absolute atomic E-state index is 10.4. The highest BCUT2D eigenvalue weighted by atomic mass is 16.5. The van der Waals surface area contributed by atoms with Crippen molar-refractivity contribution in [3.8, 4) is 0 Å². The minimum absolute atomic E-state index is 0.412. The Morgan fingerprint density at radius 3 is 2.12 bits per heavy atom. The van der Waals surface area contributed by atoms with Crippen molar-refractivity contribution < 1.29 is 9.84 Å². The summed E-state index contributed by atoms with van der Waals surface area (Å²) in [6, 6.07) is 8.30. The number of aliphatic hydroxyl groups excluding tert-OH is 1. The van der Waals surface area contributed by atoms with Gasteiger partial charge in [-0.3, -0.25) is 0 Å². The molecule has 0 aliphatic rings. The molecule has 0 aliphatic carbocycles. The largest absolute Gasteiger partial charge is 0.390 e. The maximum Gasteiger partial charge on any atom is 0.0934 e. The fraction of sp³-hybridized carbons (Fsp3) is 0.600. The summed E-state index contributed by atoms with van der Waals surface area (Å²) in [6.07, 6.45) is 1.85. The molecule has 0 fully saturated rings. The van der Waals surface area contributed by atoms with Crippen molar-refractivity contribution in [1.29, 1.82) is 0 Å². The topological polar surface area (TPSA) is 29.5 Å². The lowest BCUT2D eigenvalue weighted by Crippen LogP contribution is -2.44. The molecule has 0 aliphatic heterocycles. The normalized spacial score (nSPS) is 13.7. The number of aliphatic hydroxyl groups is 1. The van der Waals surface area contributed by atoms with E-state index in [1.165, 1.54) is 5.56 Å². The van der Waals surface area contributed by atoms with Gasteiger partial charge in [0.1, 0.15) is 0 Å². The van der Waals surface area contributed by atoms with E-state index in [9.17, 15) is 5.11 Å². The predicted octanol–water partition coefficient (Wildman–Crippen LogP) is 3.10. The summed E-state index contributed by atoms with van der Waals surface area (Å²) in [4.78, 5) is 0. The third kappa shape index (κ3) is 3.30. The summed E-state index contributed by atoms with van der Waals surface area (Å²) in [6.45, 7) is 6.19. The SMILES string of the molecule is CCC(CC)(OC)C(O)Cc1ccc(C)cc1. The molecule has 1 rings (SSSR count). The summed E-state index contributed by atoms with van der Waals surface area (Å²) >= 11 is 0. The lowest BCUT2D eigenvalue weighted by atomic mass is 9.86. The second kappa shape index (κ2) is 6.18. The van der Waals surface area contributed by atoms with Crippen molar-refractivity contribution in [1.82, 2.24) is 0 Å². The summed E-state index contributed by atoms with van der Waals surface area (Å²) in [7, 11) is 1.69. The summed E-state index contributed by atoms with van der Waals surface area (Å²) in [5, 5.41) is 10.4. The van der Waals surface area contributed by atoms with Gasteiger partial charge < -0.3 is 9.84 Å². The van der Waals surface area contributed by atoms with Crippen LogP contribution in [0.3, 0.4) is 0 Å². The van der Waals surface area contributed by atoms with Gasteiger partial charge in [0.25, 0.3) is 0 Å². The first-order chi connectivity index (χ1) is 8.07. The van der Waals surface area contributed by atoms with Gasteiger partial charge in [-0.15, -0.1) is 0 Å². The molecule has 0 amide bonds. The zero-order valence-electron chi connectivity index (χ0n) is 11.4. The average Bonchev–Trinajstić information content (AvgIpc) is 2.35. The Morgan fingerprint density at radius 1 is 1.18 bits per heavy atom. The number of rotatable bonds is 6. The monoisotopic (exact) mass is 236 g/mol. The first-order valence-corrected chi connectivity index (χ1v) is 6.36. The Morgan fingerprint density at radius 2 is 1.71 bits per heavy atom. The van der Waals surface area contributed by atoms with Gasteiger partial charge in [-0.05, 0) is 25.3 Å². The Bertz CT molecular complexity index is 317. The molecular weight excluding hydrogens is 212 g/mol. The first kappa shape index (κ1) is 14.2. The Hall–Kier alpha value is -0.860. The number of methoxy groups -OCH3 is 1. The molecule has 0 heterocycles. The van der Waals surface area contributed by atoms with E-state index in [1.807, 2.05) is 0 Å². The van der Waals surface area contributed by atoms with Crippen LogP contribution < -0.4 is 0 Å². The van der Waals surface area contributed by atoms with E-state index < -0.39 is 11.7 Å². The minimum Gasteiger partial charge on any atom is -0.390 e. The van der Waals surface area contributed by atoms with Crippen LogP contribution in [-0.2, 0) is 11.2 Å². The molecule has 96 valence electrons. The predicted molar refractivity (Wildman–Crippen MR) is 71.2 cm³/mol. The highest BCUT2D eigenvalue weighted by molar-refractivity contribution is 5.22. The fourth-order valence-electron chi connectivity index (χ4n) is 2.28. The van der Waals surface area contributed by atoms with Crippen LogP contribution in [-0.4, -0.2) is 23.9 Å². The fourth-order valence-corrected chi connectivity index (χ4v) is 2.28. The van der Waals surface area contributed by atoms with Crippen molar-refractivity contribution in [3.05, 3.63) is 35.4 Å². The lowest BCUT2D eigenvalue weighted by Gasteiger charge is -2.35. The molecule has 1 aromatic carbocycles. The quantitative estimate of drug-likeness (QED) is 0.822. The third-order valence-corrected chi connectivity index (χ3v) is 3.76. The molecule has 0 aromatic heterocycles. The molecule has 0 saturated carbocycles. The lowest BCUT2D eigenvalue weighted by molar-refractivity contribution is -0.106. The molecule has 1 N–H and O–H groups in total. The van der Waals surface area contributed by atoms with Gasteiger partial charge in [0.05, 0.1) is 11.7 Å². The van der Waals surface area contributed by atoms with E-state index in [1.54, 1.807) is 7.11 Å². The Labute approximate surface area is 105 Å². The van der Waals surface area contributed by atoms with Crippen molar-refractivity contribution >= 4 is 0 Å². The van der Waals surface area contributed by atoms with Gasteiger partial charge in [0, 0.05) is 13.5 Å². The van der Waals surface area contributed by atoms with E-state index in [0.29, 0.717) is 6.42 Å². The van der Waals surface area contributed by atoms with Crippen molar-refractivity contribution in [2.24, 2.45) is 0 Å². The third-order valence-electron chi connectivity index (χ3n) is 3.76. The van der Waals surface area contributed by atoms with E-state index in [-0.39, 0.29) is 0 Å². The molecule has 2 heteroatoms. The van der Waals surface area contributed by atoms with Crippen molar-refractivity contribution in [2.45, 2.75) is 51.7 Å². The van der Waals surface area contributed by atoms with Crippen LogP contribution in [0.25, 0.3) is 0 Å². The van der Waals surface area contributed by atoms with Crippen LogP contribution >= 0.6 is 0 Å². The average molecular weight is 236 g/mol. The first-order valence-electron chi connectivity index (χ1n) is 6.36. The van der Waals surface area contributed by atoms with Crippen LogP contribution in [0.4, 0.5) is 0 Å². The van der Waals surface area contributed by atoms with Crippen molar-refractivity contribution in [3.63, 3.8) is 0 Å². The summed E-state index contributed by atoms with van der Waals surface area (Å²) in [5.74, 6) is 0. The molecule has 1 atom stereocenters. The molecule has 2 nitrogen and oxygen atoms in total. The van der Waals surface area contributed by atoms with Gasteiger partial charge in [-0.25, -0.2) is 0 Å². The van der Waals surface area contributed by atoms with Gasteiger partial charge >= 0.3 is 0 Å². The van der Waals surface area contributed by atoms with Crippen LogP contribution in [0.2, 0.25) is 0 Å². The van der Waals surface area contributed by atoms with Crippen LogP contribution in [0.5, 0.6) is 0 Å². The van der Waals surface area contributed by atoms with E-state index in [4.69, 9.17) is 4.74 Å². The van der Waals surface area contributed by atoms with Crippen LogP contribution in [0, 0.1) is 6.92 Å². The molecule has 0 radical (unpaired) electrons. The van der Waals surface area contributed by atoms with Gasteiger partial charge in [-0.1, -0.05) is 43.7 Å². The smallest absolute Gasteiger partial charge is 0.0934 e. The second-order valence-electron chi connectivity index (χ2n) is 4.68. The van der Waals surface area contributed by atoms with Gasteiger partial charge in [0.15, 0.2) is 0 Å². The van der Waals surface area contributed by atoms with E-state index in [0.717, 1.165) is 18.4 Å². The van der Waals surface area contributed by atoms with Crippen LogP contribution in [0.15, 0.2) is 24.3 Å². The van der Waals surface area contributed by atoms with Crippen molar-refractivity contribution in [2.75, 3.05) is 7.11 Å². The summed E-state index contributed by atoms with van der Waals surface area (Å²) in [5.41, 5.74) is 1.99. The number of aryl methyl sites for hydroxylation is 1. The minimum atomic E-state index is -0.454. The standard InChI is InChI=1S/C15H24O2/c1-5-15(6-2,17-4)14(16)11-13-9-7-12(3)8-10-13/h7-10,14,16H,5-6,11H2,1-4H3. The highest BCUT2D eigenvalue weighted by Gasteiger charge is 2.34.